The summed E-state index contributed by atoms with van der Waals surface area (Å²) >= 11 is 0. The van der Waals surface area contributed by atoms with Crippen LogP contribution in [0.25, 0.3) is 0 Å². The maximum atomic E-state index is 13.6. The van der Waals surface area contributed by atoms with Crippen LogP contribution in [0.1, 0.15) is 37.2 Å². The molecule has 1 amide bonds. The zero-order chi connectivity index (χ0) is 25.9. The lowest BCUT2D eigenvalue weighted by Gasteiger charge is -2.38. The molecule has 1 aliphatic heterocycles. The Morgan fingerprint density at radius 3 is 2.08 bits per heavy atom. The Kier molecular flexibility index (Phi) is 6.86. The Hall–Kier alpha value is -4.26. The Balaban J connectivity index is 1.54. The fourth-order valence-electron chi connectivity index (χ4n) is 5.17. The van der Waals surface area contributed by atoms with Crippen LogP contribution in [0.3, 0.4) is 0 Å². The maximum Gasteiger partial charge on any atom is 0.232 e. The van der Waals surface area contributed by atoms with Gasteiger partial charge >= 0.3 is 0 Å². The summed E-state index contributed by atoms with van der Waals surface area (Å²) in [6.07, 6.45) is 1.93. The number of methoxy groups -OCH3 is 3. The van der Waals surface area contributed by atoms with Crippen LogP contribution >= 0.6 is 0 Å². The highest BCUT2D eigenvalue weighted by atomic mass is 16.5. The van der Waals surface area contributed by atoms with Crippen molar-refractivity contribution in [1.82, 2.24) is 0 Å². The highest BCUT2D eigenvalue weighted by molar-refractivity contribution is 6.07. The predicted octanol–water partition coefficient (Wildman–Crippen LogP) is 6.03. The number of amides is 1. The summed E-state index contributed by atoms with van der Waals surface area (Å²) in [5.41, 5.74) is 2.87. The van der Waals surface area contributed by atoms with E-state index in [2.05, 4.69) is 0 Å². The standard InChI is InChI=1S/C30H29NO6/c1-34-26-18-28(36-3)27(35-2)16-22(26)23-17-29(33)31(24-10-7-11-25(32)30(23)24)19-12-14-21(15-13-19)37-20-8-5-4-6-9-20/h4-6,8-9,12-16,18,23H,7,10-11,17H2,1-3H3. The molecule has 0 aromatic heterocycles. The summed E-state index contributed by atoms with van der Waals surface area (Å²) < 4.78 is 22.5. The third kappa shape index (κ3) is 4.65. The van der Waals surface area contributed by atoms with Crippen LogP contribution in [0.4, 0.5) is 5.69 Å². The van der Waals surface area contributed by atoms with Crippen LogP contribution in [0.2, 0.25) is 0 Å². The smallest absolute Gasteiger partial charge is 0.232 e. The first-order valence-corrected chi connectivity index (χ1v) is 12.3. The minimum atomic E-state index is -0.429. The summed E-state index contributed by atoms with van der Waals surface area (Å²) in [7, 11) is 4.68. The van der Waals surface area contributed by atoms with Crippen molar-refractivity contribution in [1.29, 1.82) is 0 Å². The lowest BCUT2D eigenvalue weighted by Crippen LogP contribution is -2.40. The van der Waals surface area contributed by atoms with Crippen LogP contribution in [0.15, 0.2) is 78.0 Å². The molecule has 37 heavy (non-hydrogen) atoms. The molecule has 7 heteroatoms. The summed E-state index contributed by atoms with van der Waals surface area (Å²) in [5.74, 6) is 2.55. The van der Waals surface area contributed by atoms with Gasteiger partial charge in [0, 0.05) is 47.3 Å². The third-order valence-electron chi connectivity index (χ3n) is 6.86. The first kappa shape index (κ1) is 24.4. The van der Waals surface area contributed by atoms with Crippen LogP contribution in [0.5, 0.6) is 28.7 Å². The third-order valence-corrected chi connectivity index (χ3v) is 6.86. The van der Waals surface area contributed by atoms with E-state index < -0.39 is 5.92 Å². The van der Waals surface area contributed by atoms with E-state index in [0.29, 0.717) is 53.5 Å². The topological polar surface area (TPSA) is 74.3 Å². The van der Waals surface area contributed by atoms with Crippen molar-refractivity contribution in [2.24, 2.45) is 0 Å². The number of ether oxygens (including phenoxy) is 4. The average Bonchev–Trinajstić information content (AvgIpc) is 2.93. The first-order chi connectivity index (χ1) is 18.0. The monoisotopic (exact) mass is 499 g/mol. The van der Waals surface area contributed by atoms with Crippen molar-refractivity contribution in [2.45, 2.75) is 31.6 Å². The van der Waals surface area contributed by atoms with E-state index >= 15 is 0 Å². The van der Waals surface area contributed by atoms with Gasteiger partial charge in [0.1, 0.15) is 17.2 Å². The molecule has 7 nitrogen and oxygen atoms in total. The molecule has 5 rings (SSSR count). The van der Waals surface area contributed by atoms with Gasteiger partial charge in [0.25, 0.3) is 0 Å². The van der Waals surface area contributed by atoms with Crippen molar-refractivity contribution in [3.63, 3.8) is 0 Å². The number of Topliss-reactive ketones (excluding diaryl/α,β-unsaturated/α-hetero) is 1. The average molecular weight is 500 g/mol. The minimum absolute atomic E-state index is 0.0598. The molecule has 0 saturated heterocycles. The summed E-state index contributed by atoms with van der Waals surface area (Å²) in [6, 6.07) is 20.5. The fraction of sp³-hybridized carbons (Fsp3) is 0.267. The molecule has 0 saturated carbocycles. The van der Waals surface area contributed by atoms with Gasteiger partial charge in [-0.2, -0.15) is 0 Å². The molecule has 3 aromatic carbocycles. The maximum absolute atomic E-state index is 13.6. The Bertz CT molecular complexity index is 1350. The lowest BCUT2D eigenvalue weighted by molar-refractivity contribution is -0.119. The molecule has 0 N–H and O–H groups in total. The number of hydrogen-bond donors (Lipinski definition) is 0. The number of allylic oxidation sites excluding steroid dienone is 2. The second-order valence-electron chi connectivity index (χ2n) is 8.98. The predicted molar refractivity (Wildman–Crippen MR) is 140 cm³/mol. The molecular weight excluding hydrogens is 470 g/mol. The highest BCUT2D eigenvalue weighted by Gasteiger charge is 2.41. The molecule has 1 aliphatic carbocycles. The highest BCUT2D eigenvalue weighted by Crippen LogP contribution is 2.48. The number of carbonyl (C=O) groups is 2. The van der Waals surface area contributed by atoms with Gasteiger partial charge in [0.15, 0.2) is 17.3 Å². The van der Waals surface area contributed by atoms with Gasteiger partial charge in [-0.15, -0.1) is 0 Å². The lowest BCUT2D eigenvalue weighted by atomic mass is 9.76. The molecule has 0 bridgehead atoms. The summed E-state index contributed by atoms with van der Waals surface area (Å²) in [6.45, 7) is 0. The van der Waals surface area contributed by atoms with Crippen molar-refractivity contribution < 1.29 is 28.5 Å². The SMILES string of the molecule is COc1cc(OC)c(C2CC(=O)N(c3ccc(Oc4ccccc4)cc3)C3=C2C(=O)CCC3)cc1OC. The van der Waals surface area contributed by atoms with E-state index in [1.165, 1.54) is 0 Å². The summed E-state index contributed by atoms with van der Waals surface area (Å²) in [4.78, 5) is 28.7. The van der Waals surface area contributed by atoms with Gasteiger partial charge in [-0.25, -0.2) is 0 Å². The molecular formula is C30H29NO6. The van der Waals surface area contributed by atoms with E-state index in [9.17, 15) is 9.59 Å². The van der Waals surface area contributed by atoms with Crippen molar-refractivity contribution in [3.8, 4) is 28.7 Å². The largest absolute Gasteiger partial charge is 0.496 e. The Labute approximate surface area is 216 Å². The minimum Gasteiger partial charge on any atom is -0.496 e. The molecule has 1 unspecified atom stereocenters. The van der Waals surface area contributed by atoms with E-state index in [1.807, 2.05) is 60.7 Å². The molecule has 0 radical (unpaired) electrons. The van der Waals surface area contributed by atoms with Gasteiger partial charge < -0.3 is 18.9 Å². The Morgan fingerprint density at radius 1 is 0.757 bits per heavy atom. The zero-order valence-electron chi connectivity index (χ0n) is 21.2. The van der Waals surface area contributed by atoms with Crippen LogP contribution in [-0.4, -0.2) is 33.0 Å². The molecule has 190 valence electrons. The number of rotatable bonds is 7. The van der Waals surface area contributed by atoms with Crippen LogP contribution < -0.4 is 23.8 Å². The number of hydrogen-bond acceptors (Lipinski definition) is 6. The van der Waals surface area contributed by atoms with Gasteiger partial charge in [0.2, 0.25) is 5.91 Å². The van der Waals surface area contributed by atoms with Gasteiger partial charge in [0.05, 0.1) is 21.3 Å². The number of para-hydroxylation sites is 1. The number of benzene rings is 3. The number of nitrogens with zero attached hydrogens (tertiary/aromatic N) is 1. The van der Waals surface area contributed by atoms with Gasteiger partial charge in [-0.1, -0.05) is 18.2 Å². The normalized spacial score (nSPS) is 17.4. The van der Waals surface area contributed by atoms with Gasteiger partial charge in [-0.3, -0.25) is 14.5 Å². The zero-order valence-corrected chi connectivity index (χ0v) is 21.2. The fourth-order valence-corrected chi connectivity index (χ4v) is 5.17. The molecule has 0 spiro atoms. The summed E-state index contributed by atoms with van der Waals surface area (Å²) in [5, 5.41) is 0. The van der Waals surface area contributed by atoms with Gasteiger partial charge in [-0.05, 0) is 55.3 Å². The molecule has 1 heterocycles. The number of anilines is 1. The van der Waals surface area contributed by atoms with E-state index in [0.717, 1.165) is 17.0 Å². The van der Waals surface area contributed by atoms with Crippen LogP contribution in [-0.2, 0) is 9.59 Å². The van der Waals surface area contributed by atoms with E-state index in [4.69, 9.17) is 18.9 Å². The second-order valence-corrected chi connectivity index (χ2v) is 8.98. The first-order valence-electron chi connectivity index (χ1n) is 12.3. The van der Waals surface area contributed by atoms with Crippen molar-refractivity contribution in [2.75, 3.05) is 26.2 Å². The molecule has 3 aromatic rings. The van der Waals surface area contributed by atoms with E-state index in [1.54, 1.807) is 32.3 Å². The molecule has 0 fully saturated rings. The number of carbonyl (C=O) groups excluding carboxylic acids is 2. The Morgan fingerprint density at radius 2 is 1.41 bits per heavy atom. The number of ketones is 1. The van der Waals surface area contributed by atoms with Crippen LogP contribution in [0, 0.1) is 0 Å². The van der Waals surface area contributed by atoms with Crippen molar-refractivity contribution >= 4 is 17.4 Å². The second kappa shape index (κ2) is 10.4. The quantitative estimate of drug-likeness (QED) is 0.395. The molecule has 2 aliphatic rings. The van der Waals surface area contributed by atoms with Crippen molar-refractivity contribution in [3.05, 3.63) is 83.6 Å². The van der Waals surface area contributed by atoms with E-state index in [-0.39, 0.29) is 18.1 Å². The molecule has 1 atom stereocenters.